The van der Waals surface area contributed by atoms with Gasteiger partial charge < -0.3 is 9.80 Å². The van der Waals surface area contributed by atoms with E-state index in [2.05, 4.69) is 0 Å². The summed E-state index contributed by atoms with van der Waals surface area (Å²) in [7, 11) is -3.80. The van der Waals surface area contributed by atoms with Crippen LogP contribution in [-0.4, -0.2) is 74.0 Å². The molecule has 9 nitrogen and oxygen atoms in total. The molecule has 0 saturated carbocycles. The average Bonchev–Trinajstić information content (AvgIpc) is 2.84. The van der Waals surface area contributed by atoms with Crippen LogP contribution < -0.4 is 4.90 Å². The molecule has 0 radical (unpaired) electrons. The maximum atomic E-state index is 12.8. The fourth-order valence-corrected chi connectivity index (χ4v) is 5.74. The molecule has 2 aromatic rings. The third kappa shape index (κ3) is 5.31. The Balaban J connectivity index is 1.78. The van der Waals surface area contributed by atoms with E-state index >= 15 is 0 Å². The minimum atomic E-state index is -3.80. The maximum absolute atomic E-state index is 12.8. The molecule has 178 valence electrons. The zero-order valence-corrected chi connectivity index (χ0v) is 20.6. The van der Waals surface area contributed by atoms with E-state index < -0.39 is 14.9 Å². The zero-order valence-electron chi connectivity index (χ0n) is 18.9. The molecule has 0 bridgehead atoms. The van der Waals surface area contributed by atoms with E-state index in [1.807, 2.05) is 23.3 Å². The van der Waals surface area contributed by atoms with Gasteiger partial charge in [0.2, 0.25) is 10.0 Å². The summed E-state index contributed by atoms with van der Waals surface area (Å²) in [6, 6.07) is 11.5. The van der Waals surface area contributed by atoms with Gasteiger partial charge in [0.05, 0.1) is 9.82 Å². The predicted molar refractivity (Wildman–Crippen MR) is 130 cm³/mol. The summed E-state index contributed by atoms with van der Waals surface area (Å²) in [6.07, 6.45) is 1.97. The van der Waals surface area contributed by atoms with Crippen molar-refractivity contribution in [2.24, 2.45) is 0 Å². The number of nitro benzene ring substituents is 1. The van der Waals surface area contributed by atoms with Gasteiger partial charge in [-0.25, -0.2) is 8.42 Å². The van der Waals surface area contributed by atoms with Gasteiger partial charge in [-0.2, -0.15) is 4.31 Å². The first-order valence-electron chi connectivity index (χ1n) is 10.7. The Labute approximate surface area is 198 Å². The molecule has 0 atom stereocenters. The molecule has 1 heterocycles. The van der Waals surface area contributed by atoms with Crippen molar-refractivity contribution in [3.05, 3.63) is 58.1 Å². The minimum absolute atomic E-state index is 0.0718. The Bertz CT molecular complexity index is 1110. The molecule has 1 aliphatic heterocycles. The molecule has 3 rings (SSSR count). The Hall–Kier alpha value is -2.63. The molecule has 33 heavy (non-hydrogen) atoms. The highest BCUT2D eigenvalue weighted by molar-refractivity contribution is 7.98. The predicted octanol–water partition coefficient (Wildman–Crippen LogP) is 3.31. The molecule has 11 heteroatoms. The number of amides is 1. The lowest BCUT2D eigenvalue weighted by Crippen LogP contribution is -2.49. The highest BCUT2D eigenvalue weighted by Crippen LogP contribution is 2.32. The highest BCUT2D eigenvalue weighted by Gasteiger charge is 2.29. The van der Waals surface area contributed by atoms with Crippen LogP contribution in [0.3, 0.4) is 0 Å². The smallest absolute Gasteiger partial charge is 0.293 e. The van der Waals surface area contributed by atoms with Crippen LogP contribution in [0.25, 0.3) is 0 Å². The maximum Gasteiger partial charge on any atom is 0.293 e. The number of benzene rings is 2. The molecule has 1 amide bonds. The van der Waals surface area contributed by atoms with Crippen molar-refractivity contribution in [2.45, 2.75) is 23.6 Å². The van der Waals surface area contributed by atoms with E-state index in [1.165, 1.54) is 16.4 Å². The van der Waals surface area contributed by atoms with Gasteiger partial charge in [-0.3, -0.25) is 14.9 Å². The number of thioether (sulfide) groups is 1. The van der Waals surface area contributed by atoms with Gasteiger partial charge in [-0.15, -0.1) is 11.8 Å². The van der Waals surface area contributed by atoms with E-state index in [9.17, 15) is 23.3 Å². The van der Waals surface area contributed by atoms with Crippen LogP contribution in [0.5, 0.6) is 0 Å². The first kappa shape index (κ1) is 25.0. The molecular weight excluding hydrogens is 464 g/mol. The SMILES string of the molecule is CCN(CC)S(=O)(=O)c1ccc(N2CCN(C(=O)c3ccc(SC)cc3)CC2)c([N+](=O)[O-])c1. The number of anilines is 1. The summed E-state index contributed by atoms with van der Waals surface area (Å²) in [5, 5.41) is 11.8. The molecular formula is C22H28N4O5S2. The Morgan fingerprint density at radius 3 is 2.18 bits per heavy atom. The van der Waals surface area contributed by atoms with Crippen LogP contribution in [0.2, 0.25) is 0 Å². The number of piperazine rings is 1. The third-order valence-corrected chi connectivity index (χ3v) is 8.52. The zero-order chi connectivity index (χ0) is 24.2. The van der Waals surface area contributed by atoms with E-state index in [0.717, 1.165) is 11.0 Å². The summed E-state index contributed by atoms with van der Waals surface area (Å²) >= 11 is 1.61. The van der Waals surface area contributed by atoms with Crippen LogP contribution in [0, 0.1) is 10.1 Å². The van der Waals surface area contributed by atoms with Gasteiger partial charge in [-0.1, -0.05) is 13.8 Å². The van der Waals surface area contributed by atoms with Crippen molar-refractivity contribution >= 4 is 39.1 Å². The largest absolute Gasteiger partial charge is 0.362 e. The topological polar surface area (TPSA) is 104 Å². The lowest BCUT2D eigenvalue weighted by Gasteiger charge is -2.36. The number of hydrogen-bond acceptors (Lipinski definition) is 7. The van der Waals surface area contributed by atoms with Crippen molar-refractivity contribution in [3.8, 4) is 0 Å². The lowest BCUT2D eigenvalue weighted by molar-refractivity contribution is -0.384. The van der Waals surface area contributed by atoms with Crippen LogP contribution in [0.15, 0.2) is 52.3 Å². The van der Waals surface area contributed by atoms with Crippen molar-refractivity contribution in [1.82, 2.24) is 9.21 Å². The normalized spacial score (nSPS) is 14.5. The quantitative estimate of drug-likeness (QED) is 0.316. The van der Waals surface area contributed by atoms with Crippen LogP contribution >= 0.6 is 11.8 Å². The van der Waals surface area contributed by atoms with Gasteiger partial charge >= 0.3 is 0 Å². The second-order valence-corrected chi connectivity index (χ2v) is 10.3. The number of carbonyl (C=O) groups is 1. The molecule has 0 N–H and O–H groups in total. The van der Waals surface area contributed by atoms with Gasteiger partial charge in [0.1, 0.15) is 5.69 Å². The standard InChI is InChI=1S/C22H28N4O5S2/c1-4-25(5-2)33(30,31)19-10-11-20(21(16-19)26(28)29)23-12-14-24(15-13-23)22(27)17-6-8-18(32-3)9-7-17/h6-11,16H,4-5,12-15H2,1-3H3. The number of rotatable bonds is 8. The van der Waals surface area contributed by atoms with Crippen molar-refractivity contribution < 1.29 is 18.1 Å². The third-order valence-electron chi connectivity index (χ3n) is 5.73. The fourth-order valence-electron chi connectivity index (χ4n) is 3.86. The van der Waals surface area contributed by atoms with Gasteiger partial charge in [0, 0.05) is 55.8 Å². The molecule has 1 saturated heterocycles. The van der Waals surface area contributed by atoms with Crippen LogP contribution in [0.4, 0.5) is 11.4 Å². The Morgan fingerprint density at radius 2 is 1.67 bits per heavy atom. The summed E-state index contributed by atoms with van der Waals surface area (Å²) in [6.45, 7) is 5.67. The van der Waals surface area contributed by atoms with E-state index in [0.29, 0.717) is 37.4 Å². The first-order chi connectivity index (χ1) is 15.7. The molecule has 0 aliphatic carbocycles. The van der Waals surface area contributed by atoms with Gasteiger partial charge in [0.15, 0.2) is 0 Å². The summed E-state index contributed by atoms with van der Waals surface area (Å²) < 4.78 is 26.9. The minimum Gasteiger partial charge on any atom is -0.362 e. The van der Waals surface area contributed by atoms with Crippen molar-refractivity contribution in [2.75, 3.05) is 50.4 Å². The Morgan fingerprint density at radius 1 is 1.06 bits per heavy atom. The molecule has 1 fully saturated rings. The van der Waals surface area contributed by atoms with Gasteiger partial charge in [-0.05, 0) is 42.7 Å². The highest BCUT2D eigenvalue weighted by atomic mass is 32.2. The summed E-state index contributed by atoms with van der Waals surface area (Å²) in [5.41, 5.74) is 0.712. The van der Waals surface area contributed by atoms with Crippen LogP contribution in [-0.2, 0) is 10.0 Å². The second-order valence-electron chi connectivity index (χ2n) is 7.50. The number of nitrogens with zero attached hydrogens (tertiary/aromatic N) is 4. The number of hydrogen-bond donors (Lipinski definition) is 0. The number of sulfonamides is 1. The molecule has 0 unspecified atom stereocenters. The number of nitro groups is 1. The van der Waals surface area contributed by atoms with E-state index in [1.54, 1.807) is 42.6 Å². The van der Waals surface area contributed by atoms with Crippen molar-refractivity contribution in [1.29, 1.82) is 0 Å². The van der Waals surface area contributed by atoms with Crippen molar-refractivity contribution in [3.63, 3.8) is 0 Å². The lowest BCUT2D eigenvalue weighted by atomic mass is 10.1. The van der Waals surface area contributed by atoms with E-state index in [4.69, 9.17) is 0 Å². The van der Waals surface area contributed by atoms with Gasteiger partial charge in [0.25, 0.3) is 11.6 Å². The molecule has 0 aromatic heterocycles. The summed E-state index contributed by atoms with van der Waals surface area (Å²) in [5.74, 6) is -0.0718. The molecule has 2 aromatic carbocycles. The summed E-state index contributed by atoms with van der Waals surface area (Å²) in [4.78, 5) is 28.6. The number of carbonyl (C=O) groups excluding carboxylic acids is 1. The Kier molecular flexibility index (Phi) is 7.98. The van der Waals surface area contributed by atoms with Crippen LogP contribution in [0.1, 0.15) is 24.2 Å². The molecule has 1 aliphatic rings. The first-order valence-corrected chi connectivity index (χ1v) is 13.4. The average molecular weight is 493 g/mol. The van der Waals surface area contributed by atoms with E-state index in [-0.39, 0.29) is 29.6 Å². The molecule has 0 spiro atoms. The second kappa shape index (κ2) is 10.5. The monoisotopic (exact) mass is 492 g/mol. The fraction of sp³-hybridized carbons (Fsp3) is 0.409.